The van der Waals surface area contributed by atoms with Gasteiger partial charge in [0.2, 0.25) is 0 Å². The van der Waals surface area contributed by atoms with Crippen molar-refractivity contribution in [3.8, 4) is 0 Å². The molecule has 0 aliphatic rings. The van der Waals surface area contributed by atoms with E-state index >= 15 is 0 Å². The summed E-state index contributed by atoms with van der Waals surface area (Å²) in [4.78, 5) is 12.9. The van der Waals surface area contributed by atoms with Crippen molar-refractivity contribution in [2.75, 3.05) is 0 Å². The first-order valence-electron chi connectivity index (χ1n) is 6.12. The Hall–Kier alpha value is -1.25. The molecule has 0 saturated carbocycles. The summed E-state index contributed by atoms with van der Waals surface area (Å²) in [5, 5.41) is 0.499. The van der Waals surface area contributed by atoms with Gasteiger partial charge in [0.25, 0.3) is 0 Å². The molecule has 0 radical (unpaired) electrons. The molecule has 0 aliphatic carbocycles. The van der Waals surface area contributed by atoms with Crippen molar-refractivity contribution in [2.24, 2.45) is 0 Å². The second-order valence-corrected chi connectivity index (χ2v) is 6.18. The molecule has 3 heteroatoms. The van der Waals surface area contributed by atoms with Crippen LogP contribution in [0.3, 0.4) is 0 Å². The standard InChI is InChI=1S/C16H15ClOS/c1-11(2)12-3-6-14(7-4-12)19-15-8-5-13(10-18)16(17)9-15/h3-11H,1-2H3. The molecule has 0 saturated heterocycles. The minimum Gasteiger partial charge on any atom is -0.298 e. The van der Waals surface area contributed by atoms with Crippen LogP contribution in [0.5, 0.6) is 0 Å². The fraction of sp³-hybridized carbons (Fsp3) is 0.188. The van der Waals surface area contributed by atoms with E-state index in [1.54, 1.807) is 17.8 Å². The molecule has 0 amide bonds. The first-order chi connectivity index (χ1) is 9.10. The van der Waals surface area contributed by atoms with Crippen LogP contribution >= 0.6 is 23.4 Å². The predicted molar refractivity (Wildman–Crippen MR) is 81.5 cm³/mol. The van der Waals surface area contributed by atoms with Crippen LogP contribution < -0.4 is 0 Å². The predicted octanol–water partition coefficient (Wildman–Crippen LogP) is 5.43. The minimum atomic E-state index is 0.499. The van der Waals surface area contributed by atoms with E-state index < -0.39 is 0 Å². The molecule has 0 aliphatic heterocycles. The monoisotopic (exact) mass is 290 g/mol. The largest absolute Gasteiger partial charge is 0.298 e. The van der Waals surface area contributed by atoms with Crippen molar-refractivity contribution in [2.45, 2.75) is 29.6 Å². The van der Waals surface area contributed by atoms with Crippen LogP contribution in [0.1, 0.15) is 35.7 Å². The van der Waals surface area contributed by atoms with Gasteiger partial charge in [-0.2, -0.15) is 0 Å². The van der Waals surface area contributed by atoms with Crippen LogP contribution in [-0.4, -0.2) is 6.29 Å². The number of rotatable bonds is 4. The van der Waals surface area contributed by atoms with Gasteiger partial charge in [-0.3, -0.25) is 4.79 Å². The average Bonchev–Trinajstić information content (AvgIpc) is 2.39. The Morgan fingerprint density at radius 1 is 1.05 bits per heavy atom. The van der Waals surface area contributed by atoms with E-state index in [1.807, 2.05) is 12.1 Å². The molecule has 0 unspecified atom stereocenters. The molecule has 2 rings (SSSR count). The number of hydrogen-bond acceptors (Lipinski definition) is 2. The Bertz CT molecular complexity index is 576. The van der Waals surface area contributed by atoms with Crippen LogP contribution in [0.25, 0.3) is 0 Å². The Kier molecular flexibility index (Phi) is 4.67. The van der Waals surface area contributed by atoms with Gasteiger partial charge in [0.1, 0.15) is 0 Å². The number of benzene rings is 2. The van der Waals surface area contributed by atoms with Crippen molar-refractivity contribution in [3.05, 3.63) is 58.6 Å². The van der Waals surface area contributed by atoms with Crippen LogP contribution in [-0.2, 0) is 0 Å². The van der Waals surface area contributed by atoms with Crippen molar-refractivity contribution >= 4 is 29.6 Å². The van der Waals surface area contributed by atoms with E-state index in [0.717, 1.165) is 11.2 Å². The second kappa shape index (κ2) is 6.27. The lowest BCUT2D eigenvalue weighted by atomic mass is 10.0. The molecule has 1 nitrogen and oxygen atoms in total. The van der Waals surface area contributed by atoms with E-state index in [-0.39, 0.29) is 0 Å². The Morgan fingerprint density at radius 3 is 2.21 bits per heavy atom. The summed E-state index contributed by atoms with van der Waals surface area (Å²) in [6.07, 6.45) is 0.772. The molecular weight excluding hydrogens is 276 g/mol. The lowest BCUT2D eigenvalue weighted by Crippen LogP contribution is -1.86. The summed E-state index contributed by atoms with van der Waals surface area (Å²) in [6, 6.07) is 14.0. The van der Waals surface area contributed by atoms with E-state index in [4.69, 9.17) is 11.6 Å². The highest BCUT2D eigenvalue weighted by molar-refractivity contribution is 7.99. The van der Waals surface area contributed by atoms with Gasteiger partial charge in [0, 0.05) is 15.4 Å². The molecule has 0 bridgehead atoms. The van der Waals surface area contributed by atoms with Crippen LogP contribution in [0.4, 0.5) is 0 Å². The van der Waals surface area contributed by atoms with Crippen molar-refractivity contribution in [3.63, 3.8) is 0 Å². The molecule has 0 fully saturated rings. The number of carbonyl (C=O) groups excluding carboxylic acids is 1. The average molecular weight is 291 g/mol. The maximum Gasteiger partial charge on any atom is 0.151 e. The number of carbonyl (C=O) groups is 1. The Morgan fingerprint density at radius 2 is 1.68 bits per heavy atom. The SMILES string of the molecule is CC(C)c1ccc(Sc2ccc(C=O)c(Cl)c2)cc1. The fourth-order valence-corrected chi connectivity index (χ4v) is 2.87. The number of aldehydes is 1. The summed E-state index contributed by atoms with van der Waals surface area (Å²) in [5.74, 6) is 0.542. The summed E-state index contributed by atoms with van der Waals surface area (Å²) in [6.45, 7) is 4.36. The molecule has 0 heterocycles. The van der Waals surface area contributed by atoms with Gasteiger partial charge in [-0.15, -0.1) is 0 Å². The van der Waals surface area contributed by atoms with E-state index in [0.29, 0.717) is 16.5 Å². The highest BCUT2D eigenvalue weighted by Gasteiger charge is 2.04. The summed E-state index contributed by atoms with van der Waals surface area (Å²) < 4.78 is 0. The van der Waals surface area contributed by atoms with Gasteiger partial charge in [-0.25, -0.2) is 0 Å². The van der Waals surface area contributed by atoms with Crippen LogP contribution in [0, 0.1) is 0 Å². The van der Waals surface area contributed by atoms with Gasteiger partial charge in [0.05, 0.1) is 5.02 Å². The summed E-state index contributed by atoms with van der Waals surface area (Å²) >= 11 is 7.66. The fourth-order valence-electron chi connectivity index (χ4n) is 1.72. The topological polar surface area (TPSA) is 17.1 Å². The molecular formula is C16H15ClOS. The molecule has 0 atom stereocenters. The zero-order chi connectivity index (χ0) is 13.8. The molecule has 2 aromatic rings. The normalized spacial score (nSPS) is 10.7. The minimum absolute atomic E-state index is 0.499. The van der Waals surface area contributed by atoms with Gasteiger partial charge >= 0.3 is 0 Å². The van der Waals surface area contributed by atoms with Crippen molar-refractivity contribution < 1.29 is 4.79 Å². The highest BCUT2D eigenvalue weighted by Crippen LogP contribution is 2.31. The zero-order valence-corrected chi connectivity index (χ0v) is 12.5. The first-order valence-corrected chi connectivity index (χ1v) is 7.32. The van der Waals surface area contributed by atoms with Crippen LogP contribution in [0.2, 0.25) is 5.02 Å². The quantitative estimate of drug-likeness (QED) is 0.699. The van der Waals surface area contributed by atoms with Gasteiger partial charge < -0.3 is 0 Å². The maximum absolute atomic E-state index is 10.7. The number of hydrogen-bond donors (Lipinski definition) is 0. The van der Waals surface area contributed by atoms with E-state index in [2.05, 4.69) is 38.1 Å². The lowest BCUT2D eigenvalue weighted by Gasteiger charge is -2.07. The smallest absolute Gasteiger partial charge is 0.151 e. The summed E-state index contributed by atoms with van der Waals surface area (Å²) in [5.41, 5.74) is 1.86. The molecule has 2 aromatic carbocycles. The lowest BCUT2D eigenvalue weighted by molar-refractivity contribution is 0.112. The second-order valence-electron chi connectivity index (χ2n) is 4.63. The van der Waals surface area contributed by atoms with E-state index in [9.17, 15) is 4.79 Å². The Labute approximate surface area is 123 Å². The first kappa shape index (κ1) is 14.2. The third kappa shape index (κ3) is 3.62. The van der Waals surface area contributed by atoms with Gasteiger partial charge in [-0.05, 0) is 41.8 Å². The molecule has 0 spiro atoms. The van der Waals surface area contributed by atoms with Gasteiger partial charge in [-0.1, -0.05) is 49.3 Å². The number of halogens is 1. The molecule has 0 N–H and O–H groups in total. The molecule has 19 heavy (non-hydrogen) atoms. The third-order valence-electron chi connectivity index (χ3n) is 2.88. The zero-order valence-electron chi connectivity index (χ0n) is 10.9. The summed E-state index contributed by atoms with van der Waals surface area (Å²) in [7, 11) is 0. The van der Waals surface area contributed by atoms with Gasteiger partial charge in [0.15, 0.2) is 6.29 Å². The third-order valence-corrected chi connectivity index (χ3v) is 4.21. The maximum atomic E-state index is 10.7. The van der Waals surface area contributed by atoms with Crippen LogP contribution in [0.15, 0.2) is 52.3 Å². The highest BCUT2D eigenvalue weighted by atomic mass is 35.5. The van der Waals surface area contributed by atoms with E-state index in [1.165, 1.54) is 10.5 Å². The molecule has 0 aromatic heterocycles. The van der Waals surface area contributed by atoms with Crippen molar-refractivity contribution in [1.29, 1.82) is 0 Å². The van der Waals surface area contributed by atoms with Crippen molar-refractivity contribution in [1.82, 2.24) is 0 Å². The molecule has 98 valence electrons. The Balaban J connectivity index is 2.16.